The average molecular weight is 282 g/mol. The topological polar surface area (TPSA) is 78.5 Å². The number of nitrogens with one attached hydrogen (secondary N) is 2. The highest BCUT2D eigenvalue weighted by Crippen LogP contribution is 2.31. The van der Waals surface area contributed by atoms with E-state index in [4.69, 9.17) is 11.1 Å². The van der Waals surface area contributed by atoms with Crippen LogP contribution in [0.15, 0.2) is 36.2 Å². The van der Waals surface area contributed by atoms with Crippen LogP contribution in [-0.4, -0.2) is 16.4 Å². The maximum atomic E-state index is 7.37. The second kappa shape index (κ2) is 6.39. The summed E-state index contributed by atoms with van der Waals surface area (Å²) in [5.41, 5.74) is 12.1. The van der Waals surface area contributed by atoms with Gasteiger partial charge in [0, 0.05) is 23.8 Å². The molecule has 0 unspecified atom stereocenters. The van der Waals surface area contributed by atoms with Crippen LogP contribution in [0.25, 0.3) is 11.3 Å². The highest BCUT2D eigenvalue weighted by molar-refractivity contribution is 5.77. The minimum absolute atomic E-state index is 0.434. The molecule has 2 rings (SSSR count). The predicted molar refractivity (Wildman–Crippen MR) is 87.6 cm³/mol. The Morgan fingerprint density at radius 2 is 2.19 bits per heavy atom. The number of benzene rings is 1. The summed E-state index contributed by atoms with van der Waals surface area (Å²) in [6, 6.07) is 6.47. The van der Waals surface area contributed by atoms with E-state index in [1.54, 1.807) is 0 Å². The summed E-state index contributed by atoms with van der Waals surface area (Å²) < 4.78 is 0. The van der Waals surface area contributed by atoms with Crippen LogP contribution in [0, 0.1) is 12.3 Å². The van der Waals surface area contributed by atoms with Crippen LogP contribution in [0.3, 0.4) is 0 Å². The molecule has 0 atom stereocenters. The van der Waals surface area contributed by atoms with Gasteiger partial charge in [-0.3, -0.25) is 5.10 Å². The Labute approximate surface area is 125 Å². The van der Waals surface area contributed by atoms with Crippen molar-refractivity contribution in [3.8, 4) is 11.3 Å². The molecule has 2 aromatic rings. The predicted octanol–water partition coefficient (Wildman–Crippen LogP) is 3.54. The second-order valence-electron chi connectivity index (χ2n) is 5.58. The molecule has 0 aliphatic carbocycles. The molecule has 1 aromatic carbocycles. The van der Waals surface area contributed by atoms with Crippen molar-refractivity contribution in [3.63, 3.8) is 0 Å². The molecule has 0 radical (unpaired) electrons. The number of hydrogen-bond acceptors (Lipinski definition) is 3. The van der Waals surface area contributed by atoms with E-state index < -0.39 is 0 Å². The molecule has 0 fully saturated rings. The van der Waals surface area contributed by atoms with Crippen LogP contribution in [0.5, 0.6) is 0 Å². The Kier molecular flexibility index (Phi) is 4.58. The Hall–Kier alpha value is -2.36. The molecule has 110 valence electrons. The van der Waals surface area contributed by atoms with Gasteiger partial charge in [0.15, 0.2) is 0 Å². The normalized spacial score (nSPS) is 11.9. The van der Waals surface area contributed by atoms with E-state index in [1.807, 2.05) is 6.20 Å². The summed E-state index contributed by atoms with van der Waals surface area (Å²) in [5.74, 6) is 0.434. The molecule has 4 N–H and O–H groups in total. The minimum Gasteiger partial charge on any atom is -0.404 e. The van der Waals surface area contributed by atoms with Crippen molar-refractivity contribution in [2.45, 2.75) is 33.1 Å². The first-order chi connectivity index (χ1) is 10.1. The van der Waals surface area contributed by atoms with Gasteiger partial charge in [-0.2, -0.15) is 5.10 Å². The maximum Gasteiger partial charge on any atom is 0.0688 e. The Morgan fingerprint density at radius 1 is 1.43 bits per heavy atom. The van der Waals surface area contributed by atoms with E-state index in [0.717, 1.165) is 16.8 Å². The lowest BCUT2D eigenvalue weighted by Gasteiger charge is -2.14. The van der Waals surface area contributed by atoms with Gasteiger partial charge < -0.3 is 11.1 Å². The Bertz CT molecular complexity index is 665. The molecule has 0 bridgehead atoms. The molecular formula is C17H22N4. The van der Waals surface area contributed by atoms with Crippen molar-refractivity contribution in [1.29, 1.82) is 5.41 Å². The largest absolute Gasteiger partial charge is 0.404 e. The highest BCUT2D eigenvalue weighted by atomic mass is 15.1. The summed E-state index contributed by atoms with van der Waals surface area (Å²) >= 11 is 0. The van der Waals surface area contributed by atoms with Crippen molar-refractivity contribution in [2.24, 2.45) is 5.73 Å². The lowest BCUT2D eigenvalue weighted by atomic mass is 9.91. The van der Waals surface area contributed by atoms with Gasteiger partial charge in [0.2, 0.25) is 0 Å². The maximum absolute atomic E-state index is 7.37. The molecule has 4 nitrogen and oxygen atoms in total. The van der Waals surface area contributed by atoms with Gasteiger partial charge in [0.1, 0.15) is 0 Å². The first kappa shape index (κ1) is 15.0. The van der Waals surface area contributed by atoms with Crippen molar-refractivity contribution in [1.82, 2.24) is 10.2 Å². The number of aryl methyl sites for hydroxylation is 1. The zero-order valence-electron chi connectivity index (χ0n) is 12.8. The SMILES string of the molecule is Cc1ccc(-c2[nH]ncc2C/C(C=N)=C/N)c(C(C)C)c1. The molecule has 0 aliphatic heterocycles. The number of aromatic nitrogens is 2. The lowest BCUT2D eigenvalue weighted by Crippen LogP contribution is -1.99. The molecule has 1 aromatic heterocycles. The van der Waals surface area contributed by atoms with E-state index in [2.05, 4.69) is 49.2 Å². The zero-order chi connectivity index (χ0) is 15.4. The number of aromatic amines is 1. The van der Waals surface area contributed by atoms with Gasteiger partial charge in [0.05, 0.1) is 11.9 Å². The fourth-order valence-electron chi connectivity index (χ4n) is 2.44. The molecule has 0 amide bonds. The molecule has 0 spiro atoms. The third-order valence-corrected chi connectivity index (χ3v) is 3.61. The van der Waals surface area contributed by atoms with E-state index in [9.17, 15) is 0 Å². The number of hydrogen-bond donors (Lipinski definition) is 3. The molecule has 0 aliphatic rings. The minimum atomic E-state index is 0.434. The quantitative estimate of drug-likeness (QED) is 0.733. The van der Waals surface area contributed by atoms with E-state index in [-0.39, 0.29) is 0 Å². The summed E-state index contributed by atoms with van der Waals surface area (Å²) in [5, 5.41) is 14.6. The van der Waals surface area contributed by atoms with Crippen molar-refractivity contribution in [2.75, 3.05) is 0 Å². The lowest BCUT2D eigenvalue weighted by molar-refractivity contribution is 0.865. The van der Waals surface area contributed by atoms with Crippen LogP contribution < -0.4 is 5.73 Å². The van der Waals surface area contributed by atoms with Crippen molar-refractivity contribution in [3.05, 3.63) is 52.9 Å². The summed E-state index contributed by atoms with van der Waals surface area (Å²) in [4.78, 5) is 0. The summed E-state index contributed by atoms with van der Waals surface area (Å²) in [6.45, 7) is 6.49. The number of nitrogens with two attached hydrogens (primary N) is 1. The van der Waals surface area contributed by atoms with Crippen LogP contribution >= 0.6 is 0 Å². The molecule has 0 saturated carbocycles. The van der Waals surface area contributed by atoms with Gasteiger partial charge >= 0.3 is 0 Å². The van der Waals surface area contributed by atoms with Crippen LogP contribution in [0.1, 0.15) is 36.5 Å². The number of H-pyrrole nitrogens is 1. The Morgan fingerprint density at radius 3 is 2.81 bits per heavy atom. The van der Waals surface area contributed by atoms with Crippen LogP contribution in [-0.2, 0) is 6.42 Å². The van der Waals surface area contributed by atoms with Gasteiger partial charge in [-0.1, -0.05) is 37.6 Å². The Balaban J connectivity index is 2.49. The third-order valence-electron chi connectivity index (χ3n) is 3.61. The molecule has 21 heavy (non-hydrogen) atoms. The third kappa shape index (κ3) is 3.21. The van der Waals surface area contributed by atoms with Crippen molar-refractivity contribution < 1.29 is 0 Å². The molecular weight excluding hydrogens is 260 g/mol. The fourth-order valence-corrected chi connectivity index (χ4v) is 2.44. The van der Waals surface area contributed by atoms with Gasteiger partial charge in [0.25, 0.3) is 0 Å². The van der Waals surface area contributed by atoms with Crippen LogP contribution in [0.4, 0.5) is 0 Å². The second-order valence-corrected chi connectivity index (χ2v) is 5.58. The number of allylic oxidation sites excluding steroid dienone is 1. The molecule has 1 heterocycles. The number of nitrogens with zero attached hydrogens (tertiary/aromatic N) is 1. The smallest absolute Gasteiger partial charge is 0.0688 e. The summed E-state index contributed by atoms with van der Waals surface area (Å²) in [6.07, 6.45) is 5.18. The average Bonchev–Trinajstić information content (AvgIpc) is 2.92. The fraction of sp³-hybridized carbons (Fsp3) is 0.294. The van der Waals surface area contributed by atoms with E-state index in [1.165, 1.54) is 29.1 Å². The summed E-state index contributed by atoms with van der Waals surface area (Å²) in [7, 11) is 0. The first-order valence-electron chi connectivity index (χ1n) is 7.11. The standard InChI is InChI=1S/C17H22N4/c1-11(2)16-6-12(3)4-5-15(16)17-14(10-20-21-17)7-13(8-18)9-19/h4-6,8-11,18H,7,19H2,1-3H3,(H,20,21)/b13-9-,18-8?. The first-order valence-corrected chi connectivity index (χ1v) is 7.11. The monoisotopic (exact) mass is 282 g/mol. The molecule has 0 saturated heterocycles. The zero-order valence-corrected chi connectivity index (χ0v) is 12.8. The van der Waals surface area contributed by atoms with Gasteiger partial charge in [-0.15, -0.1) is 0 Å². The van der Waals surface area contributed by atoms with Gasteiger partial charge in [-0.25, -0.2) is 0 Å². The highest BCUT2D eigenvalue weighted by Gasteiger charge is 2.14. The van der Waals surface area contributed by atoms with Gasteiger partial charge in [-0.05, 0) is 30.2 Å². The molecule has 4 heteroatoms. The van der Waals surface area contributed by atoms with Crippen LogP contribution in [0.2, 0.25) is 0 Å². The number of rotatable bonds is 5. The van der Waals surface area contributed by atoms with E-state index >= 15 is 0 Å². The van der Waals surface area contributed by atoms with E-state index in [0.29, 0.717) is 12.3 Å². The van der Waals surface area contributed by atoms with Crippen molar-refractivity contribution >= 4 is 6.21 Å².